The van der Waals surface area contributed by atoms with Crippen molar-refractivity contribution in [3.63, 3.8) is 0 Å². The van der Waals surface area contributed by atoms with Gasteiger partial charge in [-0.25, -0.2) is 4.98 Å². The average molecular weight is 326 g/mol. The SMILES string of the molecule is Cc1nc(C2C[C@H](O)c3ccc(Br)cc3O2)cs1. The van der Waals surface area contributed by atoms with Crippen LogP contribution in [-0.4, -0.2) is 10.1 Å². The van der Waals surface area contributed by atoms with Crippen LogP contribution >= 0.6 is 27.3 Å². The van der Waals surface area contributed by atoms with Crippen molar-refractivity contribution in [1.82, 2.24) is 4.98 Å². The molecule has 1 unspecified atom stereocenters. The Labute approximate surface area is 118 Å². The van der Waals surface area contributed by atoms with Gasteiger partial charge in [-0.15, -0.1) is 11.3 Å². The lowest BCUT2D eigenvalue weighted by molar-refractivity contribution is 0.0638. The molecule has 3 rings (SSSR count). The number of aliphatic hydroxyl groups excluding tert-OH is 1. The third-order valence-corrected chi connectivity index (χ3v) is 4.29. The second kappa shape index (κ2) is 4.64. The summed E-state index contributed by atoms with van der Waals surface area (Å²) in [5, 5.41) is 13.2. The summed E-state index contributed by atoms with van der Waals surface area (Å²) in [4.78, 5) is 4.43. The van der Waals surface area contributed by atoms with E-state index in [9.17, 15) is 5.11 Å². The van der Waals surface area contributed by atoms with Crippen molar-refractivity contribution in [2.45, 2.75) is 25.6 Å². The van der Waals surface area contributed by atoms with Gasteiger partial charge in [0.1, 0.15) is 11.9 Å². The molecule has 0 spiro atoms. The van der Waals surface area contributed by atoms with Gasteiger partial charge in [0.05, 0.1) is 16.8 Å². The molecule has 1 aliphatic rings. The fraction of sp³-hybridized carbons (Fsp3) is 0.308. The smallest absolute Gasteiger partial charge is 0.144 e. The van der Waals surface area contributed by atoms with Crippen LogP contribution in [0.3, 0.4) is 0 Å². The van der Waals surface area contributed by atoms with Crippen molar-refractivity contribution in [2.75, 3.05) is 0 Å². The molecule has 3 nitrogen and oxygen atoms in total. The number of aliphatic hydroxyl groups is 1. The maximum Gasteiger partial charge on any atom is 0.144 e. The van der Waals surface area contributed by atoms with Crippen LogP contribution in [0.4, 0.5) is 0 Å². The minimum atomic E-state index is -0.492. The van der Waals surface area contributed by atoms with E-state index in [1.54, 1.807) is 11.3 Å². The van der Waals surface area contributed by atoms with Crippen LogP contribution in [0.5, 0.6) is 5.75 Å². The van der Waals surface area contributed by atoms with Crippen LogP contribution in [0.2, 0.25) is 0 Å². The predicted molar refractivity (Wildman–Crippen MR) is 73.9 cm³/mol. The summed E-state index contributed by atoms with van der Waals surface area (Å²) >= 11 is 5.02. The molecule has 2 atom stereocenters. The van der Waals surface area contributed by atoms with Gasteiger partial charge in [-0.2, -0.15) is 0 Å². The summed E-state index contributed by atoms with van der Waals surface area (Å²) in [5.74, 6) is 0.735. The number of halogens is 1. The Balaban J connectivity index is 1.95. The lowest BCUT2D eigenvalue weighted by atomic mass is 9.98. The van der Waals surface area contributed by atoms with E-state index in [-0.39, 0.29) is 6.10 Å². The van der Waals surface area contributed by atoms with Gasteiger partial charge >= 0.3 is 0 Å². The monoisotopic (exact) mass is 325 g/mol. The highest BCUT2D eigenvalue weighted by molar-refractivity contribution is 9.10. The van der Waals surface area contributed by atoms with Crippen molar-refractivity contribution >= 4 is 27.3 Å². The minimum Gasteiger partial charge on any atom is -0.484 e. The molecule has 0 amide bonds. The Hall–Kier alpha value is -0.910. The summed E-state index contributed by atoms with van der Waals surface area (Å²) in [6.07, 6.45) is -0.0988. The van der Waals surface area contributed by atoms with E-state index in [0.717, 1.165) is 26.5 Å². The quantitative estimate of drug-likeness (QED) is 0.867. The summed E-state index contributed by atoms with van der Waals surface area (Å²) in [6.45, 7) is 1.97. The van der Waals surface area contributed by atoms with E-state index in [4.69, 9.17) is 4.74 Å². The van der Waals surface area contributed by atoms with Crippen molar-refractivity contribution in [3.8, 4) is 5.75 Å². The molecule has 0 bridgehead atoms. The lowest BCUT2D eigenvalue weighted by Gasteiger charge is -2.28. The minimum absolute atomic E-state index is 0.160. The third kappa shape index (κ3) is 2.18. The van der Waals surface area contributed by atoms with E-state index < -0.39 is 6.10 Å². The molecule has 0 saturated heterocycles. The third-order valence-electron chi connectivity index (χ3n) is 3.01. The first kappa shape index (κ1) is 12.1. The normalized spacial score (nSPS) is 22.4. The number of aromatic nitrogens is 1. The molecule has 1 N–H and O–H groups in total. The topological polar surface area (TPSA) is 42.4 Å². The zero-order valence-electron chi connectivity index (χ0n) is 9.76. The molecule has 18 heavy (non-hydrogen) atoms. The van der Waals surface area contributed by atoms with Crippen LogP contribution in [0.25, 0.3) is 0 Å². The van der Waals surface area contributed by atoms with Crippen LogP contribution in [0.1, 0.15) is 34.9 Å². The van der Waals surface area contributed by atoms with Gasteiger partial charge in [-0.3, -0.25) is 0 Å². The lowest BCUT2D eigenvalue weighted by Crippen LogP contribution is -2.19. The van der Waals surface area contributed by atoms with Gasteiger partial charge in [-0.1, -0.05) is 22.0 Å². The first-order valence-corrected chi connectivity index (χ1v) is 7.37. The summed E-state index contributed by atoms with van der Waals surface area (Å²) < 4.78 is 6.88. The number of hydrogen-bond acceptors (Lipinski definition) is 4. The van der Waals surface area contributed by atoms with Crippen LogP contribution in [0, 0.1) is 6.92 Å². The highest BCUT2D eigenvalue weighted by Crippen LogP contribution is 2.41. The Morgan fingerprint density at radius 1 is 1.50 bits per heavy atom. The van der Waals surface area contributed by atoms with Gasteiger partial charge in [0.2, 0.25) is 0 Å². The number of aryl methyl sites for hydroxylation is 1. The molecule has 5 heteroatoms. The molecule has 0 fully saturated rings. The van der Waals surface area contributed by atoms with Gasteiger partial charge in [0, 0.05) is 21.8 Å². The Morgan fingerprint density at radius 3 is 3.06 bits per heavy atom. The van der Waals surface area contributed by atoms with Crippen LogP contribution in [-0.2, 0) is 0 Å². The molecular weight excluding hydrogens is 314 g/mol. The fourth-order valence-electron chi connectivity index (χ4n) is 2.13. The Morgan fingerprint density at radius 2 is 2.33 bits per heavy atom. The van der Waals surface area contributed by atoms with Crippen molar-refractivity contribution < 1.29 is 9.84 Å². The largest absolute Gasteiger partial charge is 0.484 e. The second-order valence-electron chi connectivity index (χ2n) is 4.33. The van der Waals surface area contributed by atoms with E-state index in [2.05, 4.69) is 20.9 Å². The molecule has 0 aliphatic carbocycles. The number of fused-ring (bicyclic) bond motifs is 1. The number of rotatable bonds is 1. The standard InChI is InChI=1S/C13H12BrNO2S/c1-7-15-10(6-18-7)13-5-11(16)9-3-2-8(14)4-12(9)17-13/h2-4,6,11,13,16H,5H2,1H3/t11-,13?/m0/s1. The van der Waals surface area contributed by atoms with E-state index in [0.29, 0.717) is 6.42 Å². The summed E-state index contributed by atoms with van der Waals surface area (Å²) in [6, 6.07) is 5.70. The van der Waals surface area contributed by atoms with Gasteiger partial charge < -0.3 is 9.84 Å². The first-order chi connectivity index (χ1) is 8.63. The molecule has 0 radical (unpaired) electrons. The van der Waals surface area contributed by atoms with E-state index in [1.807, 2.05) is 30.5 Å². The zero-order chi connectivity index (χ0) is 12.7. The highest BCUT2D eigenvalue weighted by Gasteiger charge is 2.29. The van der Waals surface area contributed by atoms with E-state index in [1.165, 1.54) is 0 Å². The maximum absolute atomic E-state index is 10.2. The van der Waals surface area contributed by atoms with Gasteiger partial charge in [0.15, 0.2) is 0 Å². The van der Waals surface area contributed by atoms with E-state index >= 15 is 0 Å². The van der Waals surface area contributed by atoms with Crippen molar-refractivity contribution in [1.29, 1.82) is 0 Å². The molecule has 0 saturated carbocycles. The highest BCUT2D eigenvalue weighted by atomic mass is 79.9. The van der Waals surface area contributed by atoms with Crippen molar-refractivity contribution in [2.24, 2.45) is 0 Å². The molecule has 1 aliphatic heterocycles. The molecule has 94 valence electrons. The van der Waals surface area contributed by atoms with Crippen LogP contribution < -0.4 is 4.74 Å². The van der Waals surface area contributed by atoms with Gasteiger partial charge in [0.25, 0.3) is 0 Å². The number of thiazole rings is 1. The molecule has 2 aromatic rings. The zero-order valence-corrected chi connectivity index (χ0v) is 12.2. The average Bonchev–Trinajstić information content (AvgIpc) is 2.75. The second-order valence-corrected chi connectivity index (χ2v) is 6.31. The van der Waals surface area contributed by atoms with Crippen LogP contribution in [0.15, 0.2) is 28.1 Å². The Kier molecular flexibility index (Phi) is 3.13. The molecular formula is C13H12BrNO2S. The number of benzene rings is 1. The van der Waals surface area contributed by atoms with Gasteiger partial charge in [-0.05, 0) is 19.1 Å². The first-order valence-electron chi connectivity index (χ1n) is 5.69. The summed E-state index contributed by atoms with van der Waals surface area (Å²) in [5.41, 5.74) is 1.75. The molecule has 2 heterocycles. The Bertz CT molecular complexity index is 584. The van der Waals surface area contributed by atoms with Crippen molar-refractivity contribution in [3.05, 3.63) is 44.3 Å². The number of hydrogen-bond donors (Lipinski definition) is 1. The molecule has 1 aromatic heterocycles. The summed E-state index contributed by atoms with van der Waals surface area (Å²) in [7, 11) is 0. The molecule has 1 aromatic carbocycles. The number of ether oxygens (including phenoxy) is 1. The maximum atomic E-state index is 10.2. The predicted octanol–water partition coefficient (Wildman–Crippen LogP) is 3.77. The fourth-order valence-corrected chi connectivity index (χ4v) is 3.12. The number of nitrogens with zero attached hydrogens (tertiary/aromatic N) is 1.